The fraction of sp³-hybridized carbons (Fsp3) is 0.684. The maximum absolute atomic E-state index is 2.81. The summed E-state index contributed by atoms with van der Waals surface area (Å²) in [4.78, 5) is 2.81. The van der Waals surface area contributed by atoms with E-state index in [-0.39, 0.29) is 5.54 Å². The molecule has 1 unspecified atom stereocenters. The van der Waals surface area contributed by atoms with Crippen LogP contribution in [0.3, 0.4) is 0 Å². The van der Waals surface area contributed by atoms with Gasteiger partial charge < -0.3 is 0 Å². The first kappa shape index (κ1) is 14.1. The number of hydrogen-bond donors (Lipinski definition) is 0. The van der Waals surface area contributed by atoms with Crippen LogP contribution >= 0.6 is 0 Å². The molecule has 1 atom stereocenters. The van der Waals surface area contributed by atoms with Crippen LogP contribution in [-0.2, 0) is 5.54 Å². The molecule has 3 rings (SSSR count). The van der Waals surface area contributed by atoms with Crippen LogP contribution in [0.1, 0.15) is 63.9 Å². The van der Waals surface area contributed by atoms with Crippen LogP contribution in [0, 0.1) is 5.92 Å². The van der Waals surface area contributed by atoms with Gasteiger partial charge in [0.05, 0.1) is 0 Å². The second kappa shape index (κ2) is 6.30. The van der Waals surface area contributed by atoms with Gasteiger partial charge >= 0.3 is 0 Å². The van der Waals surface area contributed by atoms with Crippen LogP contribution in [0.2, 0.25) is 0 Å². The van der Waals surface area contributed by atoms with E-state index in [2.05, 4.69) is 42.2 Å². The van der Waals surface area contributed by atoms with Crippen molar-refractivity contribution in [3.8, 4) is 0 Å². The molecule has 1 aromatic rings. The molecule has 0 amide bonds. The molecule has 110 valence electrons. The van der Waals surface area contributed by atoms with E-state index in [0.717, 1.165) is 5.92 Å². The first-order chi connectivity index (χ1) is 9.82. The molecule has 2 fully saturated rings. The Balaban J connectivity index is 1.92. The Kier molecular flexibility index (Phi) is 4.45. The first-order valence-corrected chi connectivity index (χ1v) is 8.62. The molecule has 1 saturated carbocycles. The molecule has 0 bridgehead atoms. The Morgan fingerprint density at radius 2 is 1.45 bits per heavy atom. The van der Waals surface area contributed by atoms with E-state index < -0.39 is 0 Å². The molecule has 0 radical (unpaired) electrons. The molecule has 0 N–H and O–H groups in total. The Hall–Kier alpha value is -0.820. The Labute approximate surface area is 124 Å². The smallest absolute Gasteiger partial charge is 0.0460 e. The average Bonchev–Trinajstić information content (AvgIpc) is 2.56. The third kappa shape index (κ3) is 2.65. The summed E-state index contributed by atoms with van der Waals surface area (Å²) in [6.45, 7) is 5.12. The Morgan fingerprint density at radius 3 is 2.10 bits per heavy atom. The molecule has 1 saturated heterocycles. The van der Waals surface area contributed by atoms with Crippen LogP contribution in [0.4, 0.5) is 0 Å². The molecule has 1 aromatic carbocycles. The number of piperidine rings is 1. The normalized spacial score (nSPS) is 25.2. The van der Waals surface area contributed by atoms with Gasteiger partial charge in [0, 0.05) is 5.54 Å². The van der Waals surface area contributed by atoms with Gasteiger partial charge in [-0.3, -0.25) is 4.90 Å². The van der Waals surface area contributed by atoms with Crippen LogP contribution in [0.25, 0.3) is 0 Å². The third-order valence-electron chi connectivity index (χ3n) is 5.77. The van der Waals surface area contributed by atoms with E-state index in [9.17, 15) is 0 Å². The van der Waals surface area contributed by atoms with Gasteiger partial charge in [-0.2, -0.15) is 0 Å². The summed E-state index contributed by atoms with van der Waals surface area (Å²) in [5.74, 6) is 0.844. The van der Waals surface area contributed by atoms with E-state index in [0.29, 0.717) is 0 Å². The maximum Gasteiger partial charge on any atom is 0.0460 e. The second-order valence-electron chi connectivity index (χ2n) is 6.90. The zero-order valence-corrected chi connectivity index (χ0v) is 13.0. The molecule has 1 aliphatic carbocycles. The highest BCUT2D eigenvalue weighted by molar-refractivity contribution is 5.25. The molecule has 0 spiro atoms. The molecular formula is C19H29N. The van der Waals surface area contributed by atoms with Crippen molar-refractivity contribution in [1.82, 2.24) is 4.90 Å². The summed E-state index contributed by atoms with van der Waals surface area (Å²) in [7, 11) is 0. The molecule has 1 aliphatic heterocycles. The summed E-state index contributed by atoms with van der Waals surface area (Å²) in [5.41, 5.74) is 1.82. The zero-order chi connectivity index (χ0) is 13.8. The van der Waals surface area contributed by atoms with Crippen molar-refractivity contribution in [1.29, 1.82) is 0 Å². The SMILES string of the molecule is CC(c1ccccc1)(C1CCCCC1)N1CCCCC1. The van der Waals surface area contributed by atoms with Gasteiger partial charge in [0.15, 0.2) is 0 Å². The lowest BCUT2D eigenvalue weighted by Crippen LogP contribution is -2.51. The predicted octanol–water partition coefficient (Wildman–Crippen LogP) is 4.97. The zero-order valence-electron chi connectivity index (χ0n) is 13.0. The standard InChI is InChI=1S/C19H29N/c1-19(17-11-5-2-6-12-17,18-13-7-3-8-14-18)20-15-9-4-10-16-20/h2,5-6,11-12,18H,3-4,7-10,13-16H2,1H3. The quantitative estimate of drug-likeness (QED) is 0.750. The van der Waals surface area contributed by atoms with Crippen molar-refractivity contribution in [2.24, 2.45) is 5.92 Å². The van der Waals surface area contributed by atoms with Crippen molar-refractivity contribution in [3.63, 3.8) is 0 Å². The van der Waals surface area contributed by atoms with Gasteiger partial charge in [0.2, 0.25) is 0 Å². The first-order valence-electron chi connectivity index (χ1n) is 8.62. The van der Waals surface area contributed by atoms with Gasteiger partial charge in [-0.15, -0.1) is 0 Å². The highest BCUT2D eigenvalue weighted by Crippen LogP contribution is 2.44. The third-order valence-corrected chi connectivity index (χ3v) is 5.77. The molecular weight excluding hydrogens is 242 g/mol. The van der Waals surface area contributed by atoms with E-state index in [1.807, 2.05) is 0 Å². The topological polar surface area (TPSA) is 3.24 Å². The second-order valence-corrected chi connectivity index (χ2v) is 6.90. The van der Waals surface area contributed by atoms with Gasteiger partial charge in [0.1, 0.15) is 0 Å². The lowest BCUT2D eigenvalue weighted by molar-refractivity contribution is 0.0110. The summed E-state index contributed by atoms with van der Waals surface area (Å²) in [6.07, 6.45) is 11.3. The van der Waals surface area contributed by atoms with Crippen molar-refractivity contribution in [3.05, 3.63) is 35.9 Å². The number of nitrogens with zero attached hydrogens (tertiary/aromatic N) is 1. The fourth-order valence-electron chi connectivity index (χ4n) is 4.48. The molecule has 1 nitrogen and oxygen atoms in total. The average molecular weight is 271 g/mol. The minimum atomic E-state index is 0.266. The summed E-state index contributed by atoms with van der Waals surface area (Å²) in [6, 6.07) is 11.3. The van der Waals surface area contributed by atoms with Crippen molar-refractivity contribution in [2.45, 2.75) is 63.8 Å². The van der Waals surface area contributed by atoms with E-state index in [4.69, 9.17) is 0 Å². The molecule has 20 heavy (non-hydrogen) atoms. The van der Waals surface area contributed by atoms with Crippen LogP contribution in [0.5, 0.6) is 0 Å². The molecule has 0 aromatic heterocycles. The van der Waals surface area contributed by atoms with Gasteiger partial charge in [-0.05, 0) is 57.2 Å². The Morgan fingerprint density at radius 1 is 0.850 bits per heavy atom. The van der Waals surface area contributed by atoms with Crippen molar-refractivity contribution < 1.29 is 0 Å². The van der Waals surface area contributed by atoms with Crippen molar-refractivity contribution >= 4 is 0 Å². The molecule has 2 aliphatic rings. The van der Waals surface area contributed by atoms with Gasteiger partial charge in [-0.25, -0.2) is 0 Å². The van der Waals surface area contributed by atoms with E-state index >= 15 is 0 Å². The Bertz CT molecular complexity index is 381. The number of hydrogen-bond acceptors (Lipinski definition) is 1. The highest BCUT2D eigenvalue weighted by atomic mass is 15.2. The largest absolute Gasteiger partial charge is 0.294 e. The minimum Gasteiger partial charge on any atom is -0.294 e. The van der Waals surface area contributed by atoms with Crippen molar-refractivity contribution in [2.75, 3.05) is 13.1 Å². The van der Waals surface area contributed by atoms with Crippen LogP contribution in [0.15, 0.2) is 30.3 Å². The fourth-order valence-corrected chi connectivity index (χ4v) is 4.48. The number of benzene rings is 1. The molecule has 1 heteroatoms. The van der Waals surface area contributed by atoms with Gasteiger partial charge in [0.25, 0.3) is 0 Å². The summed E-state index contributed by atoms with van der Waals surface area (Å²) < 4.78 is 0. The lowest BCUT2D eigenvalue weighted by atomic mass is 9.70. The van der Waals surface area contributed by atoms with Gasteiger partial charge in [-0.1, -0.05) is 56.0 Å². The highest BCUT2D eigenvalue weighted by Gasteiger charge is 2.41. The maximum atomic E-state index is 2.81. The predicted molar refractivity (Wildman–Crippen MR) is 85.8 cm³/mol. The number of likely N-dealkylation sites (tertiary alicyclic amines) is 1. The minimum absolute atomic E-state index is 0.266. The summed E-state index contributed by atoms with van der Waals surface area (Å²) >= 11 is 0. The summed E-state index contributed by atoms with van der Waals surface area (Å²) in [5, 5.41) is 0. The molecule has 1 heterocycles. The van der Waals surface area contributed by atoms with E-state index in [1.54, 1.807) is 5.56 Å². The van der Waals surface area contributed by atoms with E-state index in [1.165, 1.54) is 64.5 Å². The van der Waals surface area contributed by atoms with Crippen LogP contribution < -0.4 is 0 Å². The monoisotopic (exact) mass is 271 g/mol. The lowest BCUT2D eigenvalue weighted by Gasteiger charge is -2.50. The number of rotatable bonds is 3. The van der Waals surface area contributed by atoms with Crippen LogP contribution in [-0.4, -0.2) is 18.0 Å².